The average Bonchev–Trinajstić information content (AvgIpc) is 2.71. The van der Waals surface area contributed by atoms with Crippen LogP contribution in [0.2, 0.25) is 5.02 Å². The number of methoxy groups -OCH3 is 2. The monoisotopic (exact) mass is 421 g/mol. The Morgan fingerprint density at radius 3 is 2.14 bits per heavy atom. The van der Waals surface area contributed by atoms with Gasteiger partial charge in [-0.3, -0.25) is 4.90 Å². The summed E-state index contributed by atoms with van der Waals surface area (Å²) in [6.45, 7) is 6.72. The van der Waals surface area contributed by atoms with Crippen LogP contribution < -0.4 is 14.2 Å². The molecule has 2 aromatic carbocycles. The van der Waals surface area contributed by atoms with Gasteiger partial charge in [0.25, 0.3) is 0 Å². The maximum Gasteiger partial charge on any atom is 0.122 e. The summed E-state index contributed by atoms with van der Waals surface area (Å²) in [5, 5.41) is 11.2. The summed E-state index contributed by atoms with van der Waals surface area (Å²) in [6, 6.07) is 13.0. The van der Waals surface area contributed by atoms with Crippen LogP contribution in [0.4, 0.5) is 0 Å². The number of benzene rings is 2. The normalized spacial score (nSPS) is 12.3. The van der Waals surface area contributed by atoms with E-state index in [1.807, 2.05) is 18.2 Å². The molecule has 0 spiro atoms. The molecule has 1 atom stereocenters. The minimum atomic E-state index is -0.606. The van der Waals surface area contributed by atoms with E-state index in [4.69, 9.17) is 25.8 Å². The van der Waals surface area contributed by atoms with Crippen LogP contribution in [0, 0.1) is 5.92 Å². The molecule has 0 bridgehead atoms. The van der Waals surface area contributed by atoms with Crippen molar-refractivity contribution in [2.75, 3.05) is 33.9 Å². The van der Waals surface area contributed by atoms with E-state index < -0.39 is 6.10 Å². The van der Waals surface area contributed by atoms with Crippen molar-refractivity contribution >= 4 is 11.6 Å². The van der Waals surface area contributed by atoms with Crippen molar-refractivity contribution in [1.82, 2.24) is 4.90 Å². The van der Waals surface area contributed by atoms with Crippen molar-refractivity contribution in [3.63, 3.8) is 0 Å². The summed E-state index contributed by atoms with van der Waals surface area (Å²) in [4.78, 5) is 2.24. The van der Waals surface area contributed by atoms with Crippen LogP contribution in [0.5, 0.6) is 17.2 Å². The van der Waals surface area contributed by atoms with Crippen LogP contribution in [-0.4, -0.2) is 50.0 Å². The van der Waals surface area contributed by atoms with Gasteiger partial charge in [-0.1, -0.05) is 25.4 Å². The van der Waals surface area contributed by atoms with Gasteiger partial charge in [-0.05, 0) is 60.8 Å². The lowest BCUT2D eigenvalue weighted by Gasteiger charge is -2.26. The molecule has 0 saturated carbocycles. The molecule has 6 heteroatoms. The number of aliphatic hydroxyl groups excluding tert-OH is 1. The molecule has 0 heterocycles. The average molecular weight is 422 g/mol. The van der Waals surface area contributed by atoms with E-state index in [1.165, 1.54) is 0 Å². The molecular formula is C23H32ClNO4. The minimum absolute atomic E-state index is 0.223. The van der Waals surface area contributed by atoms with Crippen LogP contribution >= 0.6 is 11.6 Å². The zero-order valence-corrected chi connectivity index (χ0v) is 18.5. The van der Waals surface area contributed by atoms with Crippen molar-refractivity contribution in [3.8, 4) is 17.2 Å². The molecule has 2 rings (SSSR count). The highest BCUT2D eigenvalue weighted by molar-refractivity contribution is 6.30. The second kappa shape index (κ2) is 11.9. The Hall–Kier alpha value is -1.95. The van der Waals surface area contributed by atoms with Gasteiger partial charge in [0.2, 0.25) is 0 Å². The minimum Gasteiger partial charge on any atom is -0.497 e. The summed E-state index contributed by atoms with van der Waals surface area (Å²) in [5.41, 5.74) is 1.08. The van der Waals surface area contributed by atoms with Crippen LogP contribution in [0.15, 0.2) is 42.5 Å². The van der Waals surface area contributed by atoms with Crippen molar-refractivity contribution < 1.29 is 19.3 Å². The van der Waals surface area contributed by atoms with Crippen LogP contribution in [-0.2, 0) is 6.54 Å². The molecule has 0 aliphatic carbocycles. The third-order valence-electron chi connectivity index (χ3n) is 4.57. The molecule has 0 unspecified atom stereocenters. The SMILES string of the molecule is COc1cc(CN(CCC(C)C)C[C@@H](O)COc2ccc(Cl)cc2)cc(OC)c1. The smallest absolute Gasteiger partial charge is 0.122 e. The van der Waals surface area contributed by atoms with Gasteiger partial charge in [-0.15, -0.1) is 0 Å². The highest BCUT2D eigenvalue weighted by Gasteiger charge is 2.15. The number of hydrogen-bond donors (Lipinski definition) is 1. The zero-order chi connectivity index (χ0) is 21.2. The van der Waals surface area contributed by atoms with Crippen LogP contribution in [0.1, 0.15) is 25.8 Å². The Morgan fingerprint density at radius 2 is 1.59 bits per heavy atom. The first kappa shape index (κ1) is 23.3. The van der Waals surface area contributed by atoms with Gasteiger partial charge < -0.3 is 19.3 Å². The van der Waals surface area contributed by atoms with E-state index in [0.717, 1.165) is 30.0 Å². The molecule has 160 valence electrons. The highest BCUT2D eigenvalue weighted by atomic mass is 35.5. The van der Waals surface area contributed by atoms with Crippen LogP contribution in [0.3, 0.4) is 0 Å². The predicted octanol–water partition coefficient (Wildman–Crippen LogP) is 4.65. The van der Waals surface area contributed by atoms with E-state index in [2.05, 4.69) is 18.7 Å². The maximum atomic E-state index is 10.5. The van der Waals surface area contributed by atoms with Gasteiger partial charge in [-0.25, -0.2) is 0 Å². The standard InChI is InChI=1S/C23H32ClNO4/c1-17(2)9-10-25(14-18-11-22(27-3)13-23(12-18)28-4)15-20(26)16-29-21-7-5-19(24)6-8-21/h5-8,11-13,17,20,26H,9-10,14-16H2,1-4H3/t20-/m1/s1. The number of aliphatic hydroxyl groups is 1. The number of hydrogen-bond acceptors (Lipinski definition) is 5. The first-order valence-corrected chi connectivity index (χ1v) is 10.3. The van der Waals surface area contributed by atoms with Gasteiger partial charge >= 0.3 is 0 Å². The largest absolute Gasteiger partial charge is 0.497 e. The molecule has 0 aliphatic rings. The van der Waals surface area contributed by atoms with E-state index in [9.17, 15) is 5.11 Å². The quantitative estimate of drug-likeness (QED) is 0.540. The van der Waals surface area contributed by atoms with E-state index in [0.29, 0.717) is 29.8 Å². The number of nitrogens with zero attached hydrogens (tertiary/aromatic N) is 1. The lowest BCUT2D eigenvalue weighted by molar-refractivity contribution is 0.0639. The fraction of sp³-hybridized carbons (Fsp3) is 0.478. The lowest BCUT2D eigenvalue weighted by Crippen LogP contribution is -2.36. The predicted molar refractivity (Wildman–Crippen MR) is 117 cm³/mol. The van der Waals surface area contributed by atoms with Gasteiger partial charge in [0.15, 0.2) is 0 Å². The van der Waals surface area contributed by atoms with Gasteiger partial charge in [0.05, 0.1) is 14.2 Å². The zero-order valence-electron chi connectivity index (χ0n) is 17.7. The third kappa shape index (κ3) is 8.52. The highest BCUT2D eigenvalue weighted by Crippen LogP contribution is 2.24. The van der Waals surface area contributed by atoms with Gasteiger partial charge in [0, 0.05) is 24.2 Å². The van der Waals surface area contributed by atoms with Crippen molar-refractivity contribution in [3.05, 3.63) is 53.1 Å². The second-order valence-electron chi connectivity index (χ2n) is 7.56. The molecule has 5 nitrogen and oxygen atoms in total. The molecule has 1 N–H and O–H groups in total. The number of halogens is 1. The first-order valence-electron chi connectivity index (χ1n) is 9.90. The summed E-state index contributed by atoms with van der Waals surface area (Å²) < 4.78 is 16.5. The molecule has 0 fully saturated rings. The van der Waals surface area contributed by atoms with E-state index >= 15 is 0 Å². The summed E-state index contributed by atoms with van der Waals surface area (Å²) in [6.07, 6.45) is 0.441. The molecule has 2 aromatic rings. The van der Waals surface area contributed by atoms with E-state index in [1.54, 1.807) is 38.5 Å². The Balaban J connectivity index is 2.00. The summed E-state index contributed by atoms with van der Waals surface area (Å²) in [7, 11) is 3.29. The molecular weight excluding hydrogens is 390 g/mol. The molecule has 0 radical (unpaired) electrons. The fourth-order valence-electron chi connectivity index (χ4n) is 2.97. The van der Waals surface area contributed by atoms with Crippen molar-refractivity contribution in [1.29, 1.82) is 0 Å². The Morgan fingerprint density at radius 1 is 0.966 bits per heavy atom. The number of ether oxygens (including phenoxy) is 3. The maximum absolute atomic E-state index is 10.5. The second-order valence-corrected chi connectivity index (χ2v) is 7.99. The van der Waals surface area contributed by atoms with Gasteiger partial charge in [-0.2, -0.15) is 0 Å². The Kier molecular flexibility index (Phi) is 9.58. The third-order valence-corrected chi connectivity index (χ3v) is 4.82. The van der Waals surface area contributed by atoms with Crippen LogP contribution in [0.25, 0.3) is 0 Å². The Labute approximate surface area is 179 Å². The lowest BCUT2D eigenvalue weighted by atomic mass is 10.1. The van der Waals surface area contributed by atoms with E-state index in [-0.39, 0.29) is 6.61 Å². The Bertz CT molecular complexity index is 714. The number of rotatable bonds is 12. The molecule has 0 saturated heterocycles. The molecule has 0 aliphatic heterocycles. The summed E-state index contributed by atoms with van der Waals surface area (Å²) >= 11 is 5.89. The molecule has 0 aromatic heterocycles. The molecule has 0 amide bonds. The molecule has 29 heavy (non-hydrogen) atoms. The first-order chi connectivity index (χ1) is 13.9. The van der Waals surface area contributed by atoms with Crippen molar-refractivity contribution in [2.24, 2.45) is 5.92 Å². The fourth-order valence-corrected chi connectivity index (χ4v) is 3.09. The topological polar surface area (TPSA) is 51.2 Å². The summed E-state index contributed by atoms with van der Waals surface area (Å²) in [5.74, 6) is 2.80. The van der Waals surface area contributed by atoms with Crippen molar-refractivity contribution in [2.45, 2.75) is 32.9 Å². The van der Waals surface area contributed by atoms with Gasteiger partial charge in [0.1, 0.15) is 30.0 Å².